The summed E-state index contributed by atoms with van der Waals surface area (Å²) in [5.41, 5.74) is 1.63. The highest BCUT2D eigenvalue weighted by Gasteiger charge is 2.17. The Morgan fingerprint density at radius 1 is 0.952 bits per heavy atom. The fraction of sp³-hybridized carbons (Fsp3) is 0.111. The number of rotatable bonds is 5. The first-order chi connectivity index (χ1) is 10.2. The monoisotopic (exact) mass is 280 g/mol. The average Bonchev–Trinajstić information content (AvgIpc) is 2.54. The Balaban J connectivity index is 2.13. The summed E-state index contributed by atoms with van der Waals surface area (Å²) in [4.78, 5) is 24.0. The zero-order valence-electron chi connectivity index (χ0n) is 11.6. The molecule has 3 heteroatoms. The number of carbonyl (C=O) groups is 2. The van der Waals surface area contributed by atoms with Crippen molar-refractivity contribution < 1.29 is 14.3 Å². The van der Waals surface area contributed by atoms with Gasteiger partial charge in [0.1, 0.15) is 0 Å². The Morgan fingerprint density at radius 2 is 1.62 bits per heavy atom. The number of hydrogen-bond donors (Lipinski definition) is 0. The van der Waals surface area contributed by atoms with E-state index in [-0.39, 0.29) is 0 Å². The molecule has 2 aromatic rings. The van der Waals surface area contributed by atoms with Gasteiger partial charge in [-0.1, -0.05) is 42.5 Å². The highest BCUT2D eigenvalue weighted by molar-refractivity contribution is 6.03. The van der Waals surface area contributed by atoms with Gasteiger partial charge in [0.05, 0.1) is 11.1 Å². The van der Waals surface area contributed by atoms with E-state index in [1.165, 1.54) is 0 Å². The van der Waals surface area contributed by atoms with Crippen molar-refractivity contribution in [2.45, 2.75) is 12.8 Å². The Bertz CT molecular complexity index is 645. The van der Waals surface area contributed by atoms with Crippen molar-refractivity contribution >= 4 is 11.9 Å². The molecule has 0 atom stereocenters. The summed E-state index contributed by atoms with van der Waals surface area (Å²) in [7, 11) is 0. The molecule has 0 saturated heterocycles. The van der Waals surface area contributed by atoms with Crippen molar-refractivity contribution in [2.24, 2.45) is 0 Å². The molecular formula is C18H16O3. The third-order valence-corrected chi connectivity index (χ3v) is 3.05. The summed E-state index contributed by atoms with van der Waals surface area (Å²) in [5.74, 6) is -1.26. The van der Waals surface area contributed by atoms with E-state index < -0.39 is 11.9 Å². The lowest BCUT2D eigenvalue weighted by Crippen LogP contribution is -2.14. The van der Waals surface area contributed by atoms with E-state index in [0.29, 0.717) is 17.5 Å². The Morgan fingerprint density at radius 3 is 2.33 bits per heavy atom. The van der Waals surface area contributed by atoms with Crippen molar-refractivity contribution in [3.8, 4) is 0 Å². The van der Waals surface area contributed by atoms with Crippen molar-refractivity contribution in [1.82, 2.24) is 0 Å². The van der Waals surface area contributed by atoms with Crippen LogP contribution in [0.3, 0.4) is 0 Å². The molecule has 2 aromatic carbocycles. The van der Waals surface area contributed by atoms with Crippen molar-refractivity contribution in [3.05, 3.63) is 83.9 Å². The van der Waals surface area contributed by atoms with Gasteiger partial charge in [-0.2, -0.15) is 0 Å². The molecule has 0 aliphatic carbocycles. The number of ether oxygens (including phenoxy) is 1. The molecule has 0 unspecified atom stereocenters. The van der Waals surface area contributed by atoms with Crippen LogP contribution in [-0.2, 0) is 11.2 Å². The van der Waals surface area contributed by atoms with Gasteiger partial charge in [-0.15, -0.1) is 6.58 Å². The smallest absolute Gasteiger partial charge is 0.346 e. The molecular weight excluding hydrogens is 264 g/mol. The quantitative estimate of drug-likeness (QED) is 0.475. The topological polar surface area (TPSA) is 43.4 Å². The Hall–Kier alpha value is -2.68. The predicted octanol–water partition coefficient (Wildman–Crippen LogP) is 3.80. The van der Waals surface area contributed by atoms with Crippen LogP contribution >= 0.6 is 0 Å². The molecule has 0 aliphatic heterocycles. The molecule has 0 heterocycles. The lowest BCUT2D eigenvalue weighted by atomic mass is 10.0. The zero-order chi connectivity index (χ0) is 15.1. The van der Waals surface area contributed by atoms with Gasteiger partial charge in [-0.05, 0) is 36.6 Å². The van der Waals surface area contributed by atoms with Crippen LogP contribution in [0.25, 0.3) is 0 Å². The summed E-state index contributed by atoms with van der Waals surface area (Å²) in [6, 6.07) is 15.6. The maximum absolute atomic E-state index is 12.1. The first-order valence-corrected chi connectivity index (χ1v) is 6.72. The minimum atomic E-state index is -0.640. The number of hydrogen-bond acceptors (Lipinski definition) is 3. The molecule has 0 fully saturated rings. The normalized spacial score (nSPS) is 9.90. The summed E-state index contributed by atoms with van der Waals surface area (Å²) >= 11 is 0. The molecule has 0 bridgehead atoms. The second kappa shape index (κ2) is 7.20. The van der Waals surface area contributed by atoms with Crippen LogP contribution in [-0.4, -0.2) is 11.9 Å². The Kier molecular flexibility index (Phi) is 5.04. The van der Waals surface area contributed by atoms with Crippen LogP contribution in [0.5, 0.6) is 0 Å². The second-order valence-electron chi connectivity index (χ2n) is 4.53. The van der Waals surface area contributed by atoms with E-state index in [1.807, 2.05) is 12.1 Å². The Labute approximate surface area is 123 Å². The SMILES string of the molecule is C=CCCc1ccccc1C(=O)OC(=O)c1ccccc1. The fourth-order valence-electron chi connectivity index (χ4n) is 1.97. The van der Waals surface area contributed by atoms with Crippen molar-refractivity contribution in [1.29, 1.82) is 0 Å². The first-order valence-electron chi connectivity index (χ1n) is 6.72. The maximum atomic E-state index is 12.1. The first kappa shape index (κ1) is 14.7. The van der Waals surface area contributed by atoms with Gasteiger partial charge in [0.25, 0.3) is 0 Å². The molecule has 21 heavy (non-hydrogen) atoms. The number of benzene rings is 2. The van der Waals surface area contributed by atoms with Gasteiger partial charge in [0.2, 0.25) is 0 Å². The van der Waals surface area contributed by atoms with Gasteiger partial charge in [0.15, 0.2) is 0 Å². The van der Waals surface area contributed by atoms with Gasteiger partial charge >= 0.3 is 11.9 Å². The van der Waals surface area contributed by atoms with Gasteiger partial charge in [-0.25, -0.2) is 9.59 Å². The molecule has 106 valence electrons. The van der Waals surface area contributed by atoms with E-state index >= 15 is 0 Å². The molecule has 0 amide bonds. The summed E-state index contributed by atoms with van der Waals surface area (Å²) < 4.78 is 4.94. The van der Waals surface area contributed by atoms with Crippen LogP contribution in [0.1, 0.15) is 32.7 Å². The van der Waals surface area contributed by atoms with Crippen LogP contribution in [0, 0.1) is 0 Å². The number of carbonyl (C=O) groups excluding carboxylic acids is 2. The second-order valence-corrected chi connectivity index (χ2v) is 4.53. The summed E-state index contributed by atoms with van der Waals surface area (Å²) in [6.45, 7) is 3.67. The lowest BCUT2D eigenvalue weighted by Gasteiger charge is -2.07. The minimum Gasteiger partial charge on any atom is -0.386 e. The van der Waals surface area contributed by atoms with E-state index in [0.717, 1.165) is 12.0 Å². The highest BCUT2D eigenvalue weighted by Crippen LogP contribution is 2.14. The number of esters is 2. The third kappa shape index (κ3) is 3.89. The summed E-state index contributed by atoms with van der Waals surface area (Å²) in [6.07, 6.45) is 3.24. The third-order valence-electron chi connectivity index (χ3n) is 3.05. The molecule has 0 saturated carbocycles. The number of aryl methyl sites for hydroxylation is 1. The van der Waals surface area contributed by atoms with Crippen molar-refractivity contribution in [2.75, 3.05) is 0 Å². The highest BCUT2D eigenvalue weighted by atomic mass is 16.6. The van der Waals surface area contributed by atoms with Gasteiger partial charge in [-0.3, -0.25) is 0 Å². The van der Waals surface area contributed by atoms with Gasteiger partial charge in [0, 0.05) is 0 Å². The molecule has 0 spiro atoms. The standard InChI is InChI=1S/C18H16O3/c1-2-3-9-14-10-7-8-13-16(14)18(20)21-17(19)15-11-5-4-6-12-15/h2,4-8,10-13H,1,3,9H2. The fourth-order valence-corrected chi connectivity index (χ4v) is 1.97. The zero-order valence-corrected chi connectivity index (χ0v) is 11.6. The predicted molar refractivity (Wildman–Crippen MR) is 81.1 cm³/mol. The molecule has 2 rings (SSSR count). The van der Waals surface area contributed by atoms with Crippen molar-refractivity contribution in [3.63, 3.8) is 0 Å². The molecule has 3 nitrogen and oxygen atoms in total. The van der Waals surface area contributed by atoms with Crippen LogP contribution in [0.2, 0.25) is 0 Å². The van der Waals surface area contributed by atoms with E-state index in [9.17, 15) is 9.59 Å². The average molecular weight is 280 g/mol. The lowest BCUT2D eigenvalue weighted by molar-refractivity contribution is 0.0397. The van der Waals surface area contributed by atoms with Gasteiger partial charge < -0.3 is 4.74 Å². The van der Waals surface area contributed by atoms with Crippen LogP contribution in [0.15, 0.2) is 67.3 Å². The number of allylic oxidation sites excluding steroid dienone is 1. The van der Waals surface area contributed by atoms with E-state index in [4.69, 9.17) is 4.74 Å². The molecule has 0 aliphatic rings. The molecule has 0 aromatic heterocycles. The van der Waals surface area contributed by atoms with Crippen LogP contribution < -0.4 is 0 Å². The van der Waals surface area contributed by atoms with E-state index in [1.54, 1.807) is 48.5 Å². The largest absolute Gasteiger partial charge is 0.386 e. The summed E-state index contributed by atoms with van der Waals surface area (Å²) in [5, 5.41) is 0. The van der Waals surface area contributed by atoms with E-state index in [2.05, 4.69) is 6.58 Å². The molecule has 0 radical (unpaired) electrons. The maximum Gasteiger partial charge on any atom is 0.346 e. The molecule has 0 N–H and O–H groups in total. The minimum absolute atomic E-state index is 0.356. The van der Waals surface area contributed by atoms with Crippen LogP contribution in [0.4, 0.5) is 0 Å².